The summed E-state index contributed by atoms with van der Waals surface area (Å²) in [5, 5.41) is 6.73. The monoisotopic (exact) mass is 833 g/mol. The number of rotatable bonds is 16. The van der Waals surface area contributed by atoms with Gasteiger partial charge in [0.25, 0.3) is 0 Å². The molecular weight excluding hydrogens is 775 g/mol. The number of thiophene rings is 1. The van der Waals surface area contributed by atoms with E-state index in [9.17, 15) is 14.4 Å². The number of hydrogen-bond donors (Lipinski definition) is 2. The van der Waals surface area contributed by atoms with Crippen molar-refractivity contribution in [2.75, 3.05) is 25.5 Å². The van der Waals surface area contributed by atoms with Crippen LogP contribution >= 0.6 is 11.3 Å². The van der Waals surface area contributed by atoms with E-state index in [2.05, 4.69) is 64.1 Å². The number of methoxy groups -OCH3 is 1. The van der Waals surface area contributed by atoms with Crippen molar-refractivity contribution >= 4 is 45.1 Å². The van der Waals surface area contributed by atoms with Crippen LogP contribution in [0.2, 0.25) is 0 Å². The fraction of sp³-hybridized carbons (Fsp3) is 0.408. The van der Waals surface area contributed by atoms with Crippen molar-refractivity contribution in [3.05, 3.63) is 113 Å². The molecule has 2 amide bonds. The summed E-state index contributed by atoms with van der Waals surface area (Å²) in [6.07, 6.45) is 3.42. The number of aryl methyl sites for hydroxylation is 2. The van der Waals surface area contributed by atoms with Crippen LogP contribution in [-0.2, 0) is 45.1 Å². The van der Waals surface area contributed by atoms with E-state index in [1.165, 1.54) is 34.9 Å². The van der Waals surface area contributed by atoms with Gasteiger partial charge in [-0.1, -0.05) is 54.6 Å². The highest BCUT2D eigenvalue weighted by Crippen LogP contribution is 2.41. The Bertz CT molecular complexity index is 2230. The van der Waals surface area contributed by atoms with Crippen LogP contribution in [0.3, 0.4) is 0 Å². The number of hydrogen-bond acceptors (Lipinski definition) is 9. The maximum absolute atomic E-state index is 13.2. The second kappa shape index (κ2) is 19.8. The third-order valence-corrected chi connectivity index (χ3v) is 11.3. The Morgan fingerprint density at radius 2 is 1.52 bits per heavy atom. The first-order valence-electron chi connectivity index (χ1n) is 20.9. The average Bonchev–Trinajstić information content (AvgIpc) is 3.85. The van der Waals surface area contributed by atoms with Gasteiger partial charge in [-0.2, -0.15) is 0 Å². The van der Waals surface area contributed by atoms with Crippen molar-refractivity contribution < 1.29 is 33.3 Å². The van der Waals surface area contributed by atoms with Gasteiger partial charge in [0.1, 0.15) is 35.3 Å². The molecule has 1 aliphatic rings. The summed E-state index contributed by atoms with van der Waals surface area (Å²) in [6.45, 7) is 14.1. The Labute approximate surface area is 358 Å². The Balaban J connectivity index is 1.18. The predicted octanol–water partition coefficient (Wildman–Crippen LogP) is 10.5. The molecule has 0 saturated carbocycles. The highest BCUT2D eigenvalue weighted by Gasteiger charge is 2.29. The van der Waals surface area contributed by atoms with E-state index >= 15 is 0 Å². The molecule has 1 aromatic heterocycles. The van der Waals surface area contributed by atoms with Crippen molar-refractivity contribution in [2.45, 2.75) is 110 Å². The van der Waals surface area contributed by atoms with Gasteiger partial charge in [-0.25, -0.2) is 9.59 Å². The van der Waals surface area contributed by atoms with E-state index in [-0.39, 0.29) is 18.7 Å². The first-order chi connectivity index (χ1) is 28.6. The summed E-state index contributed by atoms with van der Waals surface area (Å²) in [5.41, 5.74) is 4.95. The van der Waals surface area contributed by atoms with Gasteiger partial charge >= 0.3 is 12.1 Å². The van der Waals surface area contributed by atoms with Gasteiger partial charge in [0, 0.05) is 33.8 Å². The lowest BCUT2D eigenvalue weighted by molar-refractivity contribution is -0.157. The molecule has 1 aliphatic heterocycles. The van der Waals surface area contributed by atoms with Gasteiger partial charge in [-0.3, -0.25) is 9.69 Å². The number of alkyl carbamates (subject to hydrolysis) is 1. The minimum atomic E-state index is -1.06. The molecule has 0 spiro atoms. The molecule has 0 unspecified atom stereocenters. The maximum Gasteiger partial charge on any atom is 0.408 e. The second-order valence-corrected chi connectivity index (χ2v) is 18.4. The van der Waals surface area contributed by atoms with Gasteiger partial charge in [0.2, 0.25) is 5.91 Å². The number of ether oxygens (including phenoxy) is 4. The van der Waals surface area contributed by atoms with Crippen LogP contribution in [-0.4, -0.2) is 60.3 Å². The molecule has 4 aromatic carbocycles. The molecule has 5 aromatic rings. The fourth-order valence-corrected chi connectivity index (χ4v) is 8.53. The molecule has 11 heteroatoms. The number of benzene rings is 4. The number of amides is 2. The maximum atomic E-state index is 13.2. The molecule has 10 nitrogen and oxygen atoms in total. The lowest BCUT2D eigenvalue weighted by atomic mass is 9.98. The van der Waals surface area contributed by atoms with Gasteiger partial charge in [-0.05, 0) is 151 Å². The molecule has 1 atom stereocenters. The summed E-state index contributed by atoms with van der Waals surface area (Å²) >= 11 is 1.74. The quantitative estimate of drug-likeness (QED) is 0.0945. The summed E-state index contributed by atoms with van der Waals surface area (Å²) in [4.78, 5) is 42.4. The highest BCUT2D eigenvalue weighted by atomic mass is 32.1. The topological polar surface area (TPSA) is 115 Å². The Hall–Kier alpha value is -5.39. The van der Waals surface area contributed by atoms with Crippen LogP contribution in [0.1, 0.15) is 89.5 Å². The second-order valence-electron chi connectivity index (χ2n) is 17.4. The highest BCUT2D eigenvalue weighted by molar-refractivity contribution is 7.22. The molecule has 0 radical (unpaired) electrons. The molecule has 60 heavy (non-hydrogen) atoms. The van der Waals surface area contributed by atoms with E-state index < -0.39 is 29.3 Å². The minimum Gasteiger partial charge on any atom is -0.496 e. The molecule has 1 fully saturated rings. The van der Waals surface area contributed by atoms with E-state index in [1.807, 2.05) is 42.5 Å². The Morgan fingerprint density at radius 3 is 2.20 bits per heavy atom. The third-order valence-electron chi connectivity index (χ3n) is 10.1. The van der Waals surface area contributed by atoms with Crippen LogP contribution in [0.25, 0.3) is 20.5 Å². The molecule has 1 saturated heterocycles. The number of likely N-dealkylation sites (tertiary alicyclic amines) is 1. The smallest absolute Gasteiger partial charge is 0.408 e. The molecule has 0 bridgehead atoms. The molecule has 0 aliphatic carbocycles. The van der Waals surface area contributed by atoms with Crippen LogP contribution in [0.4, 0.5) is 10.5 Å². The molecule has 6 rings (SSSR count). The summed E-state index contributed by atoms with van der Waals surface area (Å²) in [7, 11) is 1.76. The number of carbonyl (C=O) groups is 3. The summed E-state index contributed by atoms with van der Waals surface area (Å²) < 4.78 is 24.1. The minimum absolute atomic E-state index is 0.0272. The van der Waals surface area contributed by atoms with Gasteiger partial charge in [0.05, 0.1) is 7.11 Å². The lowest BCUT2D eigenvalue weighted by Gasteiger charge is -2.26. The third kappa shape index (κ3) is 12.8. The van der Waals surface area contributed by atoms with Crippen molar-refractivity contribution in [3.8, 4) is 21.9 Å². The normalized spacial score (nSPS) is 13.8. The van der Waals surface area contributed by atoms with Crippen molar-refractivity contribution in [3.63, 3.8) is 0 Å². The SMILES string of the molecule is COc1cc(CCc2c(-c3ccc(NC(=O)CC[C@H](NC(=O)OC(C)(C)C)C(=O)OC(C)(C)C)cc3)sc3cc(OCc4ccccc4)ccc23)ccc1CN1CCCC1. The van der Waals surface area contributed by atoms with Crippen molar-refractivity contribution in [1.82, 2.24) is 10.2 Å². The Kier molecular flexibility index (Phi) is 14.6. The first-order valence-corrected chi connectivity index (χ1v) is 21.7. The number of fused-ring (bicyclic) bond motifs is 1. The summed E-state index contributed by atoms with van der Waals surface area (Å²) in [5.74, 6) is 0.826. The number of anilines is 1. The zero-order valence-corrected chi connectivity index (χ0v) is 36.8. The van der Waals surface area contributed by atoms with Gasteiger partial charge < -0.3 is 29.6 Å². The zero-order valence-electron chi connectivity index (χ0n) is 36.0. The standard InChI is InChI=1S/C49H59N3O7S/c1-48(2,3)58-46(54)41(51-47(55)59-49(4,5)6)25-26-44(53)50-37-20-18-35(19-21-37)45-40(23-16-33-15-17-36(42(29-33)56-7)31-52-27-11-12-28-52)39-24-22-38(30-43(39)60-45)57-32-34-13-9-8-10-14-34/h8-10,13-15,17-22,24,29-30,41H,11-12,16,23,25-28,31-32H2,1-7H3,(H,50,53)(H,51,55)/t41-/m0/s1. The van der Waals surface area contributed by atoms with Crippen LogP contribution in [0.5, 0.6) is 11.5 Å². The van der Waals surface area contributed by atoms with E-state index in [0.717, 1.165) is 64.7 Å². The van der Waals surface area contributed by atoms with E-state index in [4.69, 9.17) is 18.9 Å². The number of nitrogens with one attached hydrogen (secondary N) is 2. The van der Waals surface area contributed by atoms with Gasteiger partial charge in [0.15, 0.2) is 0 Å². The van der Waals surface area contributed by atoms with Crippen LogP contribution < -0.4 is 20.1 Å². The molecule has 318 valence electrons. The molecule has 2 heterocycles. The van der Waals surface area contributed by atoms with Crippen LogP contribution in [0, 0.1) is 0 Å². The number of esters is 1. The number of nitrogens with zero attached hydrogens (tertiary/aromatic N) is 1. The molecular formula is C49H59N3O7S. The lowest BCUT2D eigenvalue weighted by Crippen LogP contribution is -2.46. The largest absolute Gasteiger partial charge is 0.496 e. The zero-order chi connectivity index (χ0) is 42.9. The van der Waals surface area contributed by atoms with Crippen molar-refractivity contribution in [1.29, 1.82) is 0 Å². The van der Waals surface area contributed by atoms with Crippen LogP contribution in [0.15, 0.2) is 91.0 Å². The fourth-order valence-electron chi connectivity index (χ4n) is 7.24. The van der Waals surface area contributed by atoms with Crippen molar-refractivity contribution in [2.24, 2.45) is 0 Å². The number of carbonyl (C=O) groups excluding carboxylic acids is 3. The average molecular weight is 834 g/mol. The Morgan fingerprint density at radius 1 is 0.800 bits per heavy atom. The first kappa shape index (κ1) is 44.2. The van der Waals surface area contributed by atoms with E-state index in [1.54, 1.807) is 60.0 Å². The molecule has 2 N–H and O–H groups in total. The summed E-state index contributed by atoms with van der Waals surface area (Å²) in [6, 6.07) is 29.9. The van der Waals surface area contributed by atoms with E-state index in [0.29, 0.717) is 12.3 Å². The predicted molar refractivity (Wildman–Crippen MR) is 240 cm³/mol. The van der Waals surface area contributed by atoms with Gasteiger partial charge in [-0.15, -0.1) is 11.3 Å².